The van der Waals surface area contributed by atoms with Crippen LogP contribution in [-0.4, -0.2) is 0 Å². The lowest BCUT2D eigenvalue weighted by Gasteiger charge is -2.43. The van der Waals surface area contributed by atoms with Gasteiger partial charge in [0.2, 0.25) is 0 Å². The van der Waals surface area contributed by atoms with Crippen molar-refractivity contribution >= 4 is 40.0 Å². The maximum atomic E-state index is 7.11. The van der Waals surface area contributed by atoms with Crippen molar-refractivity contribution < 1.29 is 0 Å². The van der Waals surface area contributed by atoms with Gasteiger partial charge in [0.25, 0.3) is 0 Å². The average molecular weight is 723 g/mol. The highest BCUT2D eigenvalue weighted by Gasteiger charge is 2.39. The maximum Gasteiger partial charge on any atom is 0.0497 e. The molecule has 2 nitrogen and oxygen atoms in total. The smallest absolute Gasteiger partial charge is 0.0497 e. The van der Waals surface area contributed by atoms with Gasteiger partial charge in [0.05, 0.1) is 0 Å². The van der Waals surface area contributed by atoms with Crippen LogP contribution in [0.1, 0.15) is 130 Å². The van der Waals surface area contributed by atoms with E-state index in [1.54, 1.807) is 0 Å². The van der Waals surface area contributed by atoms with Crippen LogP contribution in [0.2, 0.25) is 5.02 Å². The number of hydrogen-bond acceptors (Lipinski definition) is 2. The number of fused-ring (bicyclic) bond motifs is 2. The fourth-order valence-corrected chi connectivity index (χ4v) is 9.02. The summed E-state index contributed by atoms with van der Waals surface area (Å²) in [5.41, 5.74) is 15.3. The molecule has 2 aliphatic rings. The third-order valence-corrected chi connectivity index (χ3v) is 12.8. The first-order valence-corrected chi connectivity index (χ1v) is 20.0. The summed E-state index contributed by atoms with van der Waals surface area (Å²) in [7, 11) is 0. The number of halogens is 1. The number of anilines is 5. The van der Waals surface area contributed by atoms with Gasteiger partial charge in [0, 0.05) is 39.0 Å². The third kappa shape index (κ3) is 7.17. The standard InChI is InChI=1S/C50H59ClN2/c1-46(2,3)34-17-22-45(40(27-34)33-15-13-12-14-16-33)52-36-28-35(51)29-39(30-36)53(37-18-20-41-43(31-37)49(8,9)25-23-47(41,4)5)38-19-21-42-44(32-38)50(10,11)26-24-48(42,6)7/h12-22,27-32,52H,23-26H2,1-11H3. The molecule has 3 heteroatoms. The first kappa shape index (κ1) is 37.3. The Hall–Kier alpha value is -4.01. The molecule has 0 heterocycles. The molecule has 0 aliphatic heterocycles. The number of nitrogens with zero attached hydrogens (tertiary/aromatic N) is 1. The van der Waals surface area contributed by atoms with Crippen molar-refractivity contribution in [2.75, 3.05) is 10.2 Å². The third-order valence-electron chi connectivity index (χ3n) is 12.6. The molecule has 0 atom stereocenters. The summed E-state index contributed by atoms with van der Waals surface area (Å²) in [6.45, 7) is 26.1. The summed E-state index contributed by atoms with van der Waals surface area (Å²) in [6, 6.07) is 38.3. The Labute approximate surface area is 325 Å². The van der Waals surface area contributed by atoms with Crippen LogP contribution >= 0.6 is 11.6 Å². The Balaban J connectivity index is 1.40. The van der Waals surface area contributed by atoms with Crippen LogP contribution in [0.15, 0.2) is 103 Å². The second-order valence-electron chi connectivity index (χ2n) is 19.5. The first-order chi connectivity index (χ1) is 24.7. The first-order valence-electron chi connectivity index (χ1n) is 19.6. The fraction of sp³-hybridized carbons (Fsp3) is 0.400. The lowest BCUT2D eigenvalue weighted by Crippen LogP contribution is -2.34. The molecule has 0 bridgehead atoms. The van der Waals surface area contributed by atoms with Crippen molar-refractivity contribution in [3.05, 3.63) is 136 Å². The lowest BCUT2D eigenvalue weighted by atomic mass is 9.63. The van der Waals surface area contributed by atoms with Gasteiger partial charge in [0.1, 0.15) is 0 Å². The van der Waals surface area contributed by atoms with E-state index < -0.39 is 0 Å². The predicted molar refractivity (Wildman–Crippen MR) is 231 cm³/mol. The Kier molecular flexibility index (Phi) is 9.21. The van der Waals surface area contributed by atoms with Crippen molar-refractivity contribution in [2.45, 2.75) is 129 Å². The summed E-state index contributed by atoms with van der Waals surface area (Å²) in [5.74, 6) is 0. The highest BCUT2D eigenvalue weighted by Crippen LogP contribution is 2.51. The SMILES string of the molecule is CC(C)(C)c1ccc(Nc2cc(Cl)cc(N(c3ccc4c(c3)C(C)(C)CCC4(C)C)c3ccc4c(c3)C(C)(C)CCC4(C)C)c2)c(-c2ccccc2)c1. The molecule has 0 amide bonds. The molecule has 2 aliphatic carbocycles. The average Bonchev–Trinajstić information content (AvgIpc) is 3.09. The van der Waals surface area contributed by atoms with E-state index >= 15 is 0 Å². The van der Waals surface area contributed by atoms with Crippen LogP contribution in [0.25, 0.3) is 11.1 Å². The number of hydrogen-bond donors (Lipinski definition) is 1. The summed E-state index contributed by atoms with van der Waals surface area (Å²) in [6.07, 6.45) is 4.72. The van der Waals surface area contributed by atoms with Crippen molar-refractivity contribution in [3.8, 4) is 11.1 Å². The molecule has 0 aromatic heterocycles. The quantitative estimate of drug-likeness (QED) is 0.188. The molecule has 5 aromatic rings. The van der Waals surface area contributed by atoms with Crippen LogP contribution in [0, 0.1) is 0 Å². The largest absolute Gasteiger partial charge is 0.355 e. The predicted octanol–water partition coefficient (Wildman–Crippen LogP) is 15.2. The lowest BCUT2D eigenvalue weighted by molar-refractivity contribution is 0.332. The van der Waals surface area contributed by atoms with Crippen LogP contribution < -0.4 is 10.2 Å². The molecule has 276 valence electrons. The summed E-state index contributed by atoms with van der Waals surface area (Å²) >= 11 is 7.11. The van der Waals surface area contributed by atoms with Gasteiger partial charge in [-0.2, -0.15) is 0 Å². The molecule has 0 radical (unpaired) electrons. The van der Waals surface area contributed by atoms with Gasteiger partial charge in [0.15, 0.2) is 0 Å². The molecule has 5 aromatic carbocycles. The van der Waals surface area contributed by atoms with Gasteiger partial charge in [-0.1, -0.05) is 136 Å². The Morgan fingerprint density at radius 3 is 1.55 bits per heavy atom. The summed E-state index contributed by atoms with van der Waals surface area (Å²) in [5, 5.41) is 4.52. The molecular formula is C50H59ClN2. The monoisotopic (exact) mass is 722 g/mol. The van der Waals surface area contributed by atoms with E-state index in [2.05, 4.69) is 183 Å². The van der Waals surface area contributed by atoms with E-state index in [4.69, 9.17) is 11.6 Å². The van der Waals surface area contributed by atoms with E-state index in [0.717, 1.165) is 28.4 Å². The molecule has 0 spiro atoms. The van der Waals surface area contributed by atoms with E-state index in [1.165, 1.54) is 64.6 Å². The zero-order chi connectivity index (χ0) is 38.1. The zero-order valence-electron chi connectivity index (χ0n) is 34.0. The van der Waals surface area contributed by atoms with Crippen molar-refractivity contribution in [3.63, 3.8) is 0 Å². The molecule has 1 N–H and O–H groups in total. The van der Waals surface area contributed by atoms with Gasteiger partial charge in [-0.25, -0.2) is 0 Å². The minimum atomic E-state index is 0.0309. The van der Waals surface area contributed by atoms with Gasteiger partial charge in [-0.3, -0.25) is 0 Å². The molecule has 7 rings (SSSR count). The minimum absolute atomic E-state index is 0.0309. The molecule has 0 fully saturated rings. The highest BCUT2D eigenvalue weighted by molar-refractivity contribution is 6.31. The molecule has 53 heavy (non-hydrogen) atoms. The van der Waals surface area contributed by atoms with Gasteiger partial charge < -0.3 is 10.2 Å². The number of rotatable bonds is 6. The fourth-order valence-electron chi connectivity index (χ4n) is 8.79. The Morgan fingerprint density at radius 2 is 1.04 bits per heavy atom. The van der Waals surface area contributed by atoms with E-state index in [0.29, 0.717) is 5.02 Å². The van der Waals surface area contributed by atoms with Gasteiger partial charge >= 0.3 is 0 Å². The van der Waals surface area contributed by atoms with E-state index in [1.807, 2.05) is 6.07 Å². The van der Waals surface area contributed by atoms with Crippen LogP contribution in [0.5, 0.6) is 0 Å². The topological polar surface area (TPSA) is 15.3 Å². The molecular weight excluding hydrogens is 664 g/mol. The maximum absolute atomic E-state index is 7.11. The second kappa shape index (κ2) is 13.1. The Bertz CT molecular complexity index is 2080. The summed E-state index contributed by atoms with van der Waals surface area (Å²) in [4.78, 5) is 2.44. The second-order valence-corrected chi connectivity index (χ2v) is 20.0. The van der Waals surface area contributed by atoms with Crippen molar-refractivity contribution in [1.82, 2.24) is 0 Å². The molecule has 0 unspecified atom stereocenters. The highest BCUT2D eigenvalue weighted by atomic mass is 35.5. The van der Waals surface area contributed by atoms with Crippen LogP contribution in [0.4, 0.5) is 28.4 Å². The van der Waals surface area contributed by atoms with E-state index in [-0.39, 0.29) is 27.1 Å². The normalized spacial score (nSPS) is 18.1. The van der Waals surface area contributed by atoms with Gasteiger partial charge in [-0.05, 0) is 141 Å². The zero-order valence-corrected chi connectivity index (χ0v) is 34.7. The van der Waals surface area contributed by atoms with E-state index in [9.17, 15) is 0 Å². The molecule has 0 saturated heterocycles. The van der Waals surface area contributed by atoms with Crippen molar-refractivity contribution in [2.24, 2.45) is 0 Å². The summed E-state index contributed by atoms with van der Waals surface area (Å²) < 4.78 is 0. The van der Waals surface area contributed by atoms with Crippen LogP contribution in [-0.2, 0) is 27.1 Å². The number of nitrogens with one attached hydrogen (secondary N) is 1. The Morgan fingerprint density at radius 1 is 0.528 bits per heavy atom. The number of benzene rings is 5. The van der Waals surface area contributed by atoms with Gasteiger partial charge in [-0.15, -0.1) is 0 Å². The van der Waals surface area contributed by atoms with Crippen LogP contribution in [0.3, 0.4) is 0 Å². The minimum Gasteiger partial charge on any atom is -0.355 e. The van der Waals surface area contributed by atoms with Crippen molar-refractivity contribution in [1.29, 1.82) is 0 Å². The molecule has 0 saturated carbocycles.